The summed E-state index contributed by atoms with van der Waals surface area (Å²) in [4.78, 5) is 17.8. The van der Waals surface area contributed by atoms with Crippen molar-refractivity contribution in [1.29, 1.82) is 0 Å². The normalized spacial score (nSPS) is 19.0. The number of piperidine rings is 1. The van der Waals surface area contributed by atoms with Crippen LogP contribution in [0.5, 0.6) is 0 Å². The number of likely N-dealkylation sites (tertiary alicyclic amines) is 1. The first-order valence-electron chi connectivity index (χ1n) is 7.88. The van der Waals surface area contributed by atoms with Crippen molar-refractivity contribution in [3.05, 3.63) is 47.2 Å². The Balaban J connectivity index is 1.50. The third-order valence-electron chi connectivity index (χ3n) is 4.87. The van der Waals surface area contributed by atoms with E-state index < -0.39 is 0 Å². The van der Waals surface area contributed by atoms with Crippen molar-refractivity contribution >= 4 is 16.8 Å². The van der Waals surface area contributed by atoms with Gasteiger partial charge >= 0.3 is 0 Å². The number of nitrogens with one attached hydrogen (secondary N) is 1. The van der Waals surface area contributed by atoms with E-state index in [2.05, 4.69) is 4.98 Å². The molecule has 1 saturated heterocycles. The molecule has 1 amide bonds. The average Bonchev–Trinajstić information content (AvgIpc) is 2.89. The zero-order valence-electron chi connectivity index (χ0n) is 12.2. The van der Waals surface area contributed by atoms with Crippen molar-refractivity contribution in [2.45, 2.75) is 32.1 Å². The number of fused-ring (bicyclic) bond motifs is 1. The summed E-state index contributed by atoms with van der Waals surface area (Å²) >= 11 is 0. The van der Waals surface area contributed by atoms with Gasteiger partial charge in [-0.15, -0.1) is 0 Å². The largest absolute Gasteiger partial charge is 0.351 e. The minimum Gasteiger partial charge on any atom is -0.351 e. The van der Waals surface area contributed by atoms with Crippen LogP contribution in [0.2, 0.25) is 0 Å². The van der Waals surface area contributed by atoms with E-state index in [1.165, 1.54) is 19.3 Å². The van der Waals surface area contributed by atoms with Gasteiger partial charge in [0.1, 0.15) is 5.69 Å². The lowest BCUT2D eigenvalue weighted by atomic mass is 9.84. The second-order valence-corrected chi connectivity index (χ2v) is 6.12. The van der Waals surface area contributed by atoms with E-state index in [0.29, 0.717) is 0 Å². The van der Waals surface area contributed by atoms with Gasteiger partial charge in [0.25, 0.3) is 5.91 Å². The van der Waals surface area contributed by atoms with Crippen molar-refractivity contribution in [1.82, 2.24) is 9.88 Å². The number of benzene rings is 1. The molecule has 1 aliphatic heterocycles. The fourth-order valence-electron chi connectivity index (χ4n) is 3.40. The lowest BCUT2D eigenvalue weighted by molar-refractivity contribution is 0.0737. The molecule has 0 bridgehead atoms. The van der Waals surface area contributed by atoms with E-state index in [1.54, 1.807) is 11.1 Å². The Kier molecular flexibility index (Phi) is 3.06. The number of para-hydroxylation sites is 1. The number of aromatic nitrogens is 1. The van der Waals surface area contributed by atoms with Gasteiger partial charge in [0.2, 0.25) is 0 Å². The van der Waals surface area contributed by atoms with Crippen molar-refractivity contribution in [2.24, 2.45) is 0 Å². The number of carbonyl (C=O) groups excluding carboxylic acids is 1. The molecule has 1 aromatic carbocycles. The van der Waals surface area contributed by atoms with Crippen molar-refractivity contribution < 1.29 is 4.79 Å². The molecule has 3 heteroatoms. The summed E-state index contributed by atoms with van der Waals surface area (Å²) < 4.78 is 0. The number of H-pyrrole nitrogens is 1. The molecule has 3 nitrogen and oxygen atoms in total. The first-order chi connectivity index (χ1) is 10.3. The van der Waals surface area contributed by atoms with Crippen LogP contribution in [0.25, 0.3) is 10.9 Å². The maximum absolute atomic E-state index is 12.6. The summed E-state index contributed by atoms with van der Waals surface area (Å²) in [6.07, 6.45) is 6.09. The topological polar surface area (TPSA) is 36.1 Å². The molecular formula is C18H20N2O. The monoisotopic (exact) mass is 280 g/mol. The maximum atomic E-state index is 12.6. The molecule has 0 atom stereocenters. The standard InChI is InChI=1S/C18H20N2O/c21-18(17-12-15-4-1-2-7-16(15)19-17)20-10-8-14(9-11-20)13-5-3-6-13/h1-2,4,7,12,19H,3,5-6,8-11H2. The highest BCUT2D eigenvalue weighted by molar-refractivity contribution is 5.98. The smallest absolute Gasteiger partial charge is 0.270 e. The first kappa shape index (κ1) is 12.7. The molecule has 0 spiro atoms. The molecule has 1 aliphatic carbocycles. The zero-order chi connectivity index (χ0) is 14.2. The van der Waals surface area contributed by atoms with Gasteiger partial charge in [0.15, 0.2) is 0 Å². The summed E-state index contributed by atoms with van der Waals surface area (Å²) in [5.74, 6) is 0.142. The van der Waals surface area contributed by atoms with Gasteiger partial charge in [-0.05, 0) is 44.2 Å². The Morgan fingerprint density at radius 3 is 2.38 bits per heavy atom. The maximum Gasteiger partial charge on any atom is 0.270 e. The number of carbonyl (C=O) groups is 1. The second kappa shape index (κ2) is 5.06. The van der Waals surface area contributed by atoms with E-state index in [0.717, 1.165) is 42.5 Å². The Morgan fingerprint density at radius 1 is 1.00 bits per heavy atom. The highest BCUT2D eigenvalue weighted by Gasteiger charge is 2.24. The van der Waals surface area contributed by atoms with Gasteiger partial charge in [-0.3, -0.25) is 4.79 Å². The second-order valence-electron chi connectivity index (χ2n) is 6.12. The number of allylic oxidation sites excluding steroid dienone is 1. The SMILES string of the molecule is O=C(c1cc2ccccc2[nH]1)N1CCC(=C2CCC2)CC1. The summed E-state index contributed by atoms with van der Waals surface area (Å²) in [6.45, 7) is 1.74. The van der Waals surface area contributed by atoms with E-state index in [-0.39, 0.29) is 5.91 Å². The number of hydrogen-bond donors (Lipinski definition) is 1. The third kappa shape index (κ3) is 2.27. The fraction of sp³-hybridized carbons (Fsp3) is 0.389. The van der Waals surface area contributed by atoms with Gasteiger partial charge in [-0.1, -0.05) is 29.3 Å². The number of amides is 1. The van der Waals surface area contributed by atoms with Crippen LogP contribution in [-0.2, 0) is 0 Å². The predicted octanol–water partition coefficient (Wildman–Crippen LogP) is 3.88. The van der Waals surface area contributed by atoms with Crippen LogP contribution < -0.4 is 0 Å². The highest BCUT2D eigenvalue weighted by atomic mass is 16.2. The van der Waals surface area contributed by atoms with Gasteiger partial charge in [0, 0.05) is 24.0 Å². The molecule has 2 aliphatic rings. The predicted molar refractivity (Wildman–Crippen MR) is 84.3 cm³/mol. The summed E-state index contributed by atoms with van der Waals surface area (Å²) in [7, 11) is 0. The molecule has 1 aromatic heterocycles. The van der Waals surface area contributed by atoms with E-state index in [9.17, 15) is 4.79 Å². The minimum atomic E-state index is 0.142. The molecule has 2 heterocycles. The minimum absolute atomic E-state index is 0.142. The van der Waals surface area contributed by atoms with Crippen molar-refractivity contribution in [2.75, 3.05) is 13.1 Å². The first-order valence-corrected chi connectivity index (χ1v) is 7.88. The van der Waals surface area contributed by atoms with Gasteiger partial charge in [-0.2, -0.15) is 0 Å². The Hall–Kier alpha value is -2.03. The lowest BCUT2D eigenvalue weighted by Crippen LogP contribution is -2.37. The Labute approximate surface area is 124 Å². The van der Waals surface area contributed by atoms with Crippen LogP contribution >= 0.6 is 0 Å². The van der Waals surface area contributed by atoms with Crippen LogP contribution in [0.4, 0.5) is 0 Å². The van der Waals surface area contributed by atoms with Crippen LogP contribution in [0.1, 0.15) is 42.6 Å². The average molecular weight is 280 g/mol. The molecule has 0 unspecified atom stereocenters. The Bertz CT molecular complexity index is 677. The molecule has 2 aromatic rings. The van der Waals surface area contributed by atoms with Gasteiger partial charge in [0.05, 0.1) is 0 Å². The molecule has 0 radical (unpaired) electrons. The molecule has 2 fully saturated rings. The molecule has 4 rings (SSSR count). The summed E-state index contributed by atoms with van der Waals surface area (Å²) in [6, 6.07) is 10.0. The van der Waals surface area contributed by atoms with Crippen LogP contribution in [0, 0.1) is 0 Å². The third-order valence-corrected chi connectivity index (χ3v) is 4.87. The van der Waals surface area contributed by atoms with Gasteiger partial charge < -0.3 is 9.88 Å². The number of aromatic amines is 1. The highest BCUT2D eigenvalue weighted by Crippen LogP contribution is 2.33. The Morgan fingerprint density at radius 2 is 1.71 bits per heavy atom. The van der Waals surface area contributed by atoms with E-state index in [4.69, 9.17) is 0 Å². The summed E-state index contributed by atoms with van der Waals surface area (Å²) in [5, 5.41) is 1.11. The zero-order valence-corrected chi connectivity index (χ0v) is 12.2. The van der Waals surface area contributed by atoms with Crippen LogP contribution in [0.15, 0.2) is 41.5 Å². The quantitative estimate of drug-likeness (QED) is 0.791. The number of nitrogens with zero attached hydrogens (tertiary/aromatic N) is 1. The van der Waals surface area contributed by atoms with Crippen molar-refractivity contribution in [3.8, 4) is 0 Å². The molecular weight excluding hydrogens is 260 g/mol. The molecule has 21 heavy (non-hydrogen) atoms. The van der Waals surface area contributed by atoms with E-state index in [1.807, 2.05) is 35.2 Å². The number of hydrogen-bond acceptors (Lipinski definition) is 1. The van der Waals surface area contributed by atoms with Crippen LogP contribution in [-0.4, -0.2) is 28.9 Å². The molecule has 108 valence electrons. The van der Waals surface area contributed by atoms with Crippen LogP contribution in [0.3, 0.4) is 0 Å². The fourth-order valence-corrected chi connectivity index (χ4v) is 3.40. The summed E-state index contributed by atoms with van der Waals surface area (Å²) in [5.41, 5.74) is 5.06. The lowest BCUT2D eigenvalue weighted by Gasteiger charge is -2.32. The van der Waals surface area contributed by atoms with Crippen molar-refractivity contribution in [3.63, 3.8) is 0 Å². The number of rotatable bonds is 1. The molecule has 1 saturated carbocycles. The van der Waals surface area contributed by atoms with E-state index >= 15 is 0 Å². The van der Waals surface area contributed by atoms with Gasteiger partial charge in [-0.25, -0.2) is 0 Å². The molecule has 1 N–H and O–H groups in total.